The van der Waals surface area contributed by atoms with Gasteiger partial charge in [-0.15, -0.1) is 10.2 Å². The van der Waals surface area contributed by atoms with E-state index < -0.39 is 0 Å². The third kappa shape index (κ3) is 4.66. The lowest BCUT2D eigenvalue weighted by atomic mass is 10.1. The van der Waals surface area contributed by atoms with Crippen molar-refractivity contribution in [2.24, 2.45) is 0 Å². The van der Waals surface area contributed by atoms with E-state index in [1.807, 2.05) is 24.3 Å². The second-order valence-electron chi connectivity index (χ2n) is 6.67. The standard InChI is InChI=1S/C19H27N3O3/c1-14-4-6-16(7-5-14)19-21-20-18(25-19)15(2)22-10-8-17(9-11-22)24-13-3-12-23/h4-7,15,17,23H,3,8-13H2,1-2H3. The molecule has 2 aromatic rings. The molecule has 0 radical (unpaired) electrons. The van der Waals surface area contributed by atoms with E-state index in [-0.39, 0.29) is 12.6 Å². The molecule has 1 unspecified atom stereocenters. The first-order valence-corrected chi connectivity index (χ1v) is 9.04. The zero-order valence-electron chi connectivity index (χ0n) is 15.0. The number of piperidine rings is 1. The molecule has 0 amide bonds. The van der Waals surface area contributed by atoms with Gasteiger partial charge in [-0.2, -0.15) is 0 Å². The van der Waals surface area contributed by atoms with Gasteiger partial charge in [0.2, 0.25) is 11.8 Å². The summed E-state index contributed by atoms with van der Waals surface area (Å²) in [5.41, 5.74) is 2.16. The highest BCUT2D eigenvalue weighted by Crippen LogP contribution is 2.27. The summed E-state index contributed by atoms with van der Waals surface area (Å²) in [6.07, 6.45) is 2.99. The Labute approximate surface area is 148 Å². The molecular weight excluding hydrogens is 318 g/mol. The number of benzene rings is 1. The SMILES string of the molecule is Cc1ccc(-c2nnc(C(C)N3CCC(OCCCO)CC3)o2)cc1. The zero-order chi connectivity index (χ0) is 17.6. The van der Waals surface area contributed by atoms with Crippen molar-refractivity contribution in [3.63, 3.8) is 0 Å². The van der Waals surface area contributed by atoms with Crippen LogP contribution in [0.4, 0.5) is 0 Å². The number of aryl methyl sites for hydroxylation is 1. The number of ether oxygens (including phenoxy) is 1. The van der Waals surface area contributed by atoms with Crippen molar-refractivity contribution in [1.29, 1.82) is 0 Å². The summed E-state index contributed by atoms with van der Waals surface area (Å²) in [5, 5.41) is 17.3. The lowest BCUT2D eigenvalue weighted by Gasteiger charge is -2.34. The fraction of sp³-hybridized carbons (Fsp3) is 0.579. The van der Waals surface area contributed by atoms with Crippen LogP contribution in [0.2, 0.25) is 0 Å². The summed E-state index contributed by atoms with van der Waals surface area (Å²) in [6, 6.07) is 8.21. The molecule has 6 heteroatoms. The Kier molecular flexibility index (Phi) is 6.18. The van der Waals surface area contributed by atoms with Gasteiger partial charge < -0.3 is 14.3 Å². The molecular formula is C19H27N3O3. The minimum Gasteiger partial charge on any atom is -0.419 e. The van der Waals surface area contributed by atoms with Crippen LogP contribution in [0.3, 0.4) is 0 Å². The topological polar surface area (TPSA) is 71.6 Å². The van der Waals surface area contributed by atoms with Crippen LogP contribution in [0.1, 0.15) is 43.7 Å². The van der Waals surface area contributed by atoms with Crippen molar-refractivity contribution < 1.29 is 14.3 Å². The number of nitrogens with zero attached hydrogens (tertiary/aromatic N) is 3. The molecule has 25 heavy (non-hydrogen) atoms. The zero-order valence-corrected chi connectivity index (χ0v) is 15.0. The molecule has 0 aliphatic carbocycles. The lowest BCUT2D eigenvalue weighted by Crippen LogP contribution is -2.38. The van der Waals surface area contributed by atoms with Gasteiger partial charge in [-0.1, -0.05) is 17.7 Å². The number of aromatic nitrogens is 2. The number of likely N-dealkylation sites (tertiary alicyclic amines) is 1. The highest BCUT2D eigenvalue weighted by Gasteiger charge is 2.27. The maximum atomic E-state index is 8.82. The Hall–Kier alpha value is -1.76. The van der Waals surface area contributed by atoms with Gasteiger partial charge in [0.15, 0.2) is 0 Å². The van der Waals surface area contributed by atoms with Crippen molar-refractivity contribution >= 4 is 0 Å². The Bertz CT molecular complexity index is 648. The molecule has 2 heterocycles. The van der Waals surface area contributed by atoms with Crippen molar-refractivity contribution in [2.75, 3.05) is 26.3 Å². The van der Waals surface area contributed by atoms with Crippen LogP contribution in [0, 0.1) is 6.92 Å². The first kappa shape index (κ1) is 18.0. The number of aliphatic hydroxyl groups excluding tert-OH is 1. The summed E-state index contributed by atoms with van der Waals surface area (Å²) >= 11 is 0. The molecule has 1 aliphatic rings. The monoisotopic (exact) mass is 345 g/mol. The fourth-order valence-electron chi connectivity index (χ4n) is 3.12. The third-order valence-corrected chi connectivity index (χ3v) is 4.78. The molecule has 3 rings (SSSR count). The largest absolute Gasteiger partial charge is 0.419 e. The normalized spacial score (nSPS) is 17.7. The van der Waals surface area contributed by atoms with Gasteiger partial charge in [-0.3, -0.25) is 4.90 Å². The van der Waals surface area contributed by atoms with Crippen molar-refractivity contribution in [2.45, 2.75) is 45.3 Å². The Morgan fingerprint density at radius 3 is 2.64 bits per heavy atom. The van der Waals surface area contributed by atoms with E-state index in [4.69, 9.17) is 14.3 Å². The predicted octanol–water partition coefficient (Wildman–Crippen LogP) is 2.97. The Morgan fingerprint density at radius 2 is 1.96 bits per heavy atom. The minimum absolute atomic E-state index is 0.102. The Balaban J connectivity index is 1.55. The van der Waals surface area contributed by atoms with Gasteiger partial charge in [-0.05, 0) is 45.2 Å². The van der Waals surface area contributed by atoms with E-state index in [9.17, 15) is 0 Å². The van der Waals surface area contributed by atoms with E-state index in [2.05, 4.69) is 28.9 Å². The molecule has 1 fully saturated rings. The van der Waals surface area contributed by atoms with Crippen molar-refractivity contribution in [3.05, 3.63) is 35.7 Å². The van der Waals surface area contributed by atoms with E-state index in [0.29, 0.717) is 30.9 Å². The quantitative estimate of drug-likeness (QED) is 0.778. The van der Waals surface area contributed by atoms with Crippen LogP contribution in [-0.2, 0) is 4.74 Å². The molecule has 1 saturated heterocycles. The van der Waals surface area contributed by atoms with Crippen molar-refractivity contribution in [3.8, 4) is 11.5 Å². The molecule has 136 valence electrons. The second kappa shape index (κ2) is 8.56. The van der Waals surface area contributed by atoms with Gasteiger partial charge in [0, 0.05) is 31.9 Å². The van der Waals surface area contributed by atoms with Gasteiger partial charge in [0.25, 0.3) is 0 Å². The molecule has 1 aromatic heterocycles. The van der Waals surface area contributed by atoms with Crippen molar-refractivity contribution in [1.82, 2.24) is 15.1 Å². The average molecular weight is 345 g/mol. The van der Waals surface area contributed by atoms with Crippen LogP contribution in [0.5, 0.6) is 0 Å². The van der Waals surface area contributed by atoms with E-state index in [0.717, 1.165) is 31.5 Å². The summed E-state index contributed by atoms with van der Waals surface area (Å²) in [7, 11) is 0. The van der Waals surface area contributed by atoms with Gasteiger partial charge in [0.05, 0.1) is 12.1 Å². The smallest absolute Gasteiger partial charge is 0.247 e. The molecule has 0 bridgehead atoms. The molecule has 1 aliphatic heterocycles. The number of hydrogen-bond acceptors (Lipinski definition) is 6. The van der Waals surface area contributed by atoms with Gasteiger partial charge >= 0.3 is 0 Å². The molecule has 1 aromatic carbocycles. The average Bonchev–Trinajstić information content (AvgIpc) is 3.13. The van der Waals surface area contributed by atoms with Crippen LogP contribution < -0.4 is 0 Å². The second-order valence-corrected chi connectivity index (χ2v) is 6.67. The summed E-state index contributed by atoms with van der Waals surface area (Å²) in [6.45, 7) is 6.90. The van der Waals surface area contributed by atoms with E-state index in [1.165, 1.54) is 5.56 Å². The maximum absolute atomic E-state index is 8.82. The van der Waals surface area contributed by atoms with E-state index >= 15 is 0 Å². The number of hydrogen-bond donors (Lipinski definition) is 1. The Morgan fingerprint density at radius 1 is 1.24 bits per heavy atom. The minimum atomic E-state index is 0.102. The highest BCUT2D eigenvalue weighted by molar-refractivity contribution is 5.52. The summed E-state index contributed by atoms with van der Waals surface area (Å²) < 4.78 is 11.7. The maximum Gasteiger partial charge on any atom is 0.247 e. The first-order valence-electron chi connectivity index (χ1n) is 9.04. The van der Waals surface area contributed by atoms with Crippen LogP contribution in [0.25, 0.3) is 11.5 Å². The van der Waals surface area contributed by atoms with Crippen LogP contribution >= 0.6 is 0 Å². The summed E-state index contributed by atoms with van der Waals surface area (Å²) in [4.78, 5) is 2.36. The molecule has 0 saturated carbocycles. The molecule has 1 atom stereocenters. The highest BCUT2D eigenvalue weighted by atomic mass is 16.5. The number of aliphatic hydroxyl groups is 1. The number of rotatable bonds is 7. The van der Waals surface area contributed by atoms with Crippen LogP contribution in [0.15, 0.2) is 28.7 Å². The third-order valence-electron chi connectivity index (χ3n) is 4.78. The van der Waals surface area contributed by atoms with Gasteiger partial charge in [0.1, 0.15) is 0 Å². The molecule has 1 N–H and O–H groups in total. The molecule has 0 spiro atoms. The first-order chi connectivity index (χ1) is 12.2. The fourth-order valence-corrected chi connectivity index (χ4v) is 3.12. The lowest BCUT2D eigenvalue weighted by molar-refractivity contribution is -0.00735. The summed E-state index contributed by atoms with van der Waals surface area (Å²) in [5.74, 6) is 1.24. The molecule has 6 nitrogen and oxygen atoms in total. The van der Waals surface area contributed by atoms with Crippen LogP contribution in [-0.4, -0.2) is 52.6 Å². The van der Waals surface area contributed by atoms with Gasteiger partial charge in [-0.25, -0.2) is 0 Å². The van der Waals surface area contributed by atoms with E-state index in [1.54, 1.807) is 0 Å². The predicted molar refractivity (Wildman–Crippen MR) is 95.1 cm³/mol.